The lowest BCUT2D eigenvalue weighted by Crippen LogP contribution is -2.61. The van der Waals surface area contributed by atoms with Crippen LogP contribution < -0.4 is 5.01 Å². The van der Waals surface area contributed by atoms with Crippen LogP contribution in [-0.4, -0.2) is 35.0 Å². The van der Waals surface area contributed by atoms with Gasteiger partial charge in [0.05, 0.1) is 5.69 Å². The molecule has 0 saturated carbocycles. The van der Waals surface area contributed by atoms with Crippen molar-refractivity contribution in [2.45, 2.75) is 12.5 Å². The Morgan fingerprint density at radius 2 is 1.62 bits per heavy atom. The minimum absolute atomic E-state index is 0.182. The molecule has 2 heterocycles. The van der Waals surface area contributed by atoms with E-state index in [4.69, 9.17) is 11.6 Å². The van der Waals surface area contributed by atoms with E-state index < -0.39 is 5.54 Å². The van der Waals surface area contributed by atoms with Crippen LogP contribution in [0.3, 0.4) is 0 Å². The molecule has 6 heteroatoms. The van der Waals surface area contributed by atoms with Crippen molar-refractivity contribution >= 4 is 34.8 Å². The molecular weight excluding hydrogens is 326 g/mol. The van der Waals surface area contributed by atoms with Gasteiger partial charge in [-0.1, -0.05) is 29.8 Å². The molecule has 0 aliphatic carbocycles. The Balaban J connectivity index is 1.91. The molecule has 4 rings (SSSR count). The first-order valence-electron chi connectivity index (χ1n) is 7.51. The molecule has 0 aromatic heterocycles. The van der Waals surface area contributed by atoms with E-state index in [0.29, 0.717) is 27.5 Å². The first kappa shape index (κ1) is 14.9. The smallest absolute Gasteiger partial charge is 0.279 e. The minimum Gasteiger partial charge on any atom is -0.322 e. The fraction of sp³-hybridized carbons (Fsp3) is 0.167. The molecule has 0 fully saturated rings. The average molecular weight is 340 g/mol. The Morgan fingerprint density at radius 1 is 1.00 bits per heavy atom. The van der Waals surface area contributed by atoms with Crippen molar-refractivity contribution in [1.29, 1.82) is 0 Å². The number of carbonyl (C=O) groups is 2. The van der Waals surface area contributed by atoms with E-state index in [0.717, 1.165) is 0 Å². The summed E-state index contributed by atoms with van der Waals surface area (Å²) in [5.74, 6) is -0.441. The third kappa shape index (κ3) is 1.79. The van der Waals surface area contributed by atoms with Crippen LogP contribution in [0.15, 0.2) is 53.6 Å². The monoisotopic (exact) mass is 339 g/mol. The summed E-state index contributed by atoms with van der Waals surface area (Å²) < 4.78 is 0. The van der Waals surface area contributed by atoms with Crippen LogP contribution in [0.4, 0.5) is 5.69 Å². The van der Waals surface area contributed by atoms with E-state index in [9.17, 15) is 9.59 Å². The van der Waals surface area contributed by atoms with Gasteiger partial charge in [0.15, 0.2) is 5.54 Å². The number of halogens is 1. The lowest BCUT2D eigenvalue weighted by Gasteiger charge is -2.38. The summed E-state index contributed by atoms with van der Waals surface area (Å²) in [5, 5.41) is 6.48. The molecule has 2 aliphatic heterocycles. The van der Waals surface area contributed by atoms with Crippen LogP contribution in [0, 0.1) is 0 Å². The molecule has 1 atom stereocenters. The number of carbonyl (C=O) groups excluding carboxylic acids is 2. The van der Waals surface area contributed by atoms with Gasteiger partial charge in [0.1, 0.15) is 5.71 Å². The highest BCUT2D eigenvalue weighted by Crippen LogP contribution is 2.38. The summed E-state index contributed by atoms with van der Waals surface area (Å²) in [7, 11) is 1.64. The topological polar surface area (TPSA) is 53.0 Å². The second-order valence-electron chi connectivity index (χ2n) is 6.02. The molecule has 0 saturated heterocycles. The van der Waals surface area contributed by atoms with Crippen molar-refractivity contribution in [3.8, 4) is 0 Å². The van der Waals surface area contributed by atoms with Gasteiger partial charge in [-0.15, -0.1) is 0 Å². The van der Waals surface area contributed by atoms with Crippen molar-refractivity contribution < 1.29 is 9.59 Å². The molecule has 2 aromatic carbocycles. The molecule has 2 aromatic rings. The van der Waals surface area contributed by atoms with Crippen LogP contribution in [-0.2, 0) is 4.79 Å². The van der Waals surface area contributed by atoms with Crippen LogP contribution in [0.1, 0.15) is 22.8 Å². The summed E-state index contributed by atoms with van der Waals surface area (Å²) in [6.45, 7) is 1.73. The molecular formula is C18H14ClN3O2. The highest BCUT2D eigenvalue weighted by molar-refractivity contribution is 6.34. The number of hydrazone groups is 1. The Bertz CT molecular complexity index is 907. The zero-order chi connectivity index (χ0) is 17.1. The Morgan fingerprint density at radius 3 is 2.29 bits per heavy atom. The largest absolute Gasteiger partial charge is 0.322 e. The molecule has 0 radical (unpaired) electrons. The number of hydrogen-bond donors (Lipinski definition) is 0. The number of likely N-dealkylation sites (N-methyl/N-ethyl adjacent to an activating group) is 1. The number of rotatable bonds is 1. The van der Waals surface area contributed by atoms with Gasteiger partial charge in [-0.25, -0.2) is 0 Å². The lowest BCUT2D eigenvalue weighted by molar-refractivity contribution is -0.123. The maximum absolute atomic E-state index is 13.1. The molecule has 0 N–H and O–H groups in total. The maximum atomic E-state index is 13.1. The molecule has 24 heavy (non-hydrogen) atoms. The SMILES string of the molecule is CN1C(=O)c2ccccc2C2=NN(c3ccc(Cl)cc3)C(=O)C21C. The summed E-state index contributed by atoms with van der Waals surface area (Å²) in [4.78, 5) is 27.2. The predicted molar refractivity (Wildman–Crippen MR) is 92.4 cm³/mol. The van der Waals surface area contributed by atoms with E-state index in [-0.39, 0.29) is 11.8 Å². The fourth-order valence-corrected chi connectivity index (χ4v) is 3.31. The molecule has 0 bridgehead atoms. The fourth-order valence-electron chi connectivity index (χ4n) is 3.19. The van der Waals surface area contributed by atoms with E-state index in [1.54, 1.807) is 44.3 Å². The molecule has 1 unspecified atom stereocenters. The van der Waals surface area contributed by atoms with Gasteiger partial charge in [-0.3, -0.25) is 9.59 Å². The molecule has 120 valence electrons. The Hall–Kier alpha value is -2.66. The van der Waals surface area contributed by atoms with E-state index >= 15 is 0 Å². The summed E-state index contributed by atoms with van der Waals surface area (Å²) >= 11 is 5.92. The van der Waals surface area contributed by atoms with Gasteiger partial charge >= 0.3 is 0 Å². The number of fused-ring (bicyclic) bond motifs is 3. The minimum atomic E-state index is -1.12. The van der Waals surface area contributed by atoms with Crippen molar-refractivity contribution in [1.82, 2.24) is 4.90 Å². The van der Waals surface area contributed by atoms with Crippen LogP contribution >= 0.6 is 11.6 Å². The quantitative estimate of drug-likeness (QED) is 0.802. The van der Waals surface area contributed by atoms with E-state index in [1.165, 1.54) is 9.91 Å². The number of benzene rings is 2. The van der Waals surface area contributed by atoms with Gasteiger partial charge < -0.3 is 4.90 Å². The zero-order valence-electron chi connectivity index (χ0n) is 13.2. The standard InChI is InChI=1S/C18H14ClN3O2/c1-18-15(13-5-3-4-6-14(13)16(23)21(18)2)20-22(17(18)24)12-9-7-11(19)8-10-12/h3-10H,1-2H3. The average Bonchev–Trinajstić information content (AvgIpc) is 2.87. The van der Waals surface area contributed by atoms with Crippen molar-refractivity contribution in [3.63, 3.8) is 0 Å². The molecule has 2 amide bonds. The highest BCUT2D eigenvalue weighted by atomic mass is 35.5. The van der Waals surface area contributed by atoms with Crippen LogP contribution in [0.25, 0.3) is 0 Å². The van der Waals surface area contributed by atoms with Gasteiger partial charge in [0, 0.05) is 23.2 Å². The van der Waals surface area contributed by atoms with Gasteiger partial charge in [-0.2, -0.15) is 10.1 Å². The lowest BCUT2D eigenvalue weighted by atomic mass is 9.82. The summed E-state index contributed by atoms with van der Waals surface area (Å²) in [5.41, 5.74) is 1.34. The van der Waals surface area contributed by atoms with E-state index in [1.807, 2.05) is 18.2 Å². The van der Waals surface area contributed by atoms with E-state index in [2.05, 4.69) is 5.10 Å². The number of hydrogen-bond acceptors (Lipinski definition) is 3. The zero-order valence-corrected chi connectivity index (χ0v) is 13.9. The third-order valence-electron chi connectivity index (χ3n) is 4.73. The summed E-state index contributed by atoms with van der Waals surface area (Å²) in [6, 6.07) is 14.1. The number of anilines is 1. The van der Waals surface area contributed by atoms with Crippen LogP contribution in [0.2, 0.25) is 5.02 Å². The molecule has 5 nitrogen and oxygen atoms in total. The molecule has 2 aliphatic rings. The van der Waals surface area contributed by atoms with Gasteiger partial charge in [0.25, 0.3) is 11.8 Å². The van der Waals surface area contributed by atoms with Crippen molar-refractivity contribution in [3.05, 3.63) is 64.7 Å². The Kier molecular flexibility index (Phi) is 3.05. The Labute approximate surface area is 144 Å². The predicted octanol–water partition coefficient (Wildman–Crippen LogP) is 2.94. The second kappa shape index (κ2) is 4.92. The first-order chi connectivity index (χ1) is 11.4. The molecule has 0 spiro atoms. The summed E-state index contributed by atoms with van der Waals surface area (Å²) in [6.07, 6.45) is 0. The maximum Gasteiger partial charge on any atom is 0.279 e. The van der Waals surface area contributed by atoms with Crippen LogP contribution in [0.5, 0.6) is 0 Å². The van der Waals surface area contributed by atoms with Crippen molar-refractivity contribution in [2.24, 2.45) is 5.10 Å². The highest BCUT2D eigenvalue weighted by Gasteiger charge is 2.56. The van der Waals surface area contributed by atoms with Gasteiger partial charge in [-0.05, 0) is 37.3 Å². The number of amides is 2. The van der Waals surface area contributed by atoms with Gasteiger partial charge in [0.2, 0.25) is 0 Å². The normalized spacial score (nSPS) is 22.4. The first-order valence-corrected chi connectivity index (χ1v) is 7.89. The number of nitrogens with zero attached hydrogens (tertiary/aromatic N) is 3. The van der Waals surface area contributed by atoms with Crippen molar-refractivity contribution in [2.75, 3.05) is 12.1 Å². The third-order valence-corrected chi connectivity index (χ3v) is 4.98. The second-order valence-corrected chi connectivity index (χ2v) is 6.46.